The Hall–Kier alpha value is -6.38. The second-order valence-corrected chi connectivity index (χ2v) is 12.9. The number of para-hydroxylation sites is 3. The van der Waals surface area contributed by atoms with Crippen LogP contribution in [-0.4, -0.2) is 4.57 Å². The van der Waals surface area contributed by atoms with Gasteiger partial charge in [-0.1, -0.05) is 164 Å². The molecule has 2 aromatic heterocycles. The molecule has 1 aliphatic heterocycles. The first-order valence-corrected chi connectivity index (χ1v) is 16.9. The lowest BCUT2D eigenvalue weighted by Crippen LogP contribution is -2.35. The average Bonchev–Trinajstić information content (AvgIpc) is 3.81. The minimum atomic E-state index is -0.500. The first kappa shape index (κ1) is 27.7. The molecule has 0 amide bonds. The Morgan fingerprint density at radius 1 is 0.367 bits per heavy atom. The first-order chi connectivity index (χ1) is 24.3. The molecule has 0 saturated heterocycles. The van der Waals surface area contributed by atoms with E-state index in [1.54, 1.807) is 0 Å². The molecule has 3 heterocycles. The molecule has 1 aliphatic rings. The van der Waals surface area contributed by atoms with Crippen LogP contribution in [-0.2, 0) is 5.41 Å². The van der Waals surface area contributed by atoms with Gasteiger partial charge in [0.05, 0.1) is 22.1 Å². The summed E-state index contributed by atoms with van der Waals surface area (Å²) in [6.45, 7) is 0. The second kappa shape index (κ2) is 10.8. The van der Waals surface area contributed by atoms with Crippen LogP contribution >= 0.6 is 0 Å². The van der Waals surface area contributed by atoms with Crippen molar-refractivity contribution in [1.29, 1.82) is 0 Å². The van der Waals surface area contributed by atoms with Crippen LogP contribution in [0.25, 0.3) is 61.3 Å². The minimum Gasteiger partial charge on any atom is -0.456 e. The molecule has 7 aromatic carbocycles. The topological polar surface area (TPSA) is 18.1 Å². The molecule has 0 radical (unpaired) electrons. The summed E-state index contributed by atoms with van der Waals surface area (Å²) in [6.07, 6.45) is 0. The Balaban J connectivity index is 1.11. The lowest BCUT2D eigenvalue weighted by molar-refractivity contribution is 0.597. The van der Waals surface area contributed by atoms with Crippen LogP contribution in [0.2, 0.25) is 0 Å². The van der Waals surface area contributed by atoms with Gasteiger partial charge in [-0.15, -0.1) is 0 Å². The highest BCUT2D eigenvalue weighted by Crippen LogP contribution is 2.54. The quantitative estimate of drug-likeness (QED) is 0.186. The standard InChI is InChI=1S/C47H31NO/c1-3-12-34(13-4-1)44-30-31-45(49-44)35-24-22-32(23-25-35)33-26-28-37(29-27-33)47(36-14-5-2-6-15-36)40-18-8-10-21-43(40)48-42-20-9-7-16-38(42)39-17-11-19-41(47)46(39)48/h1-31H. The summed E-state index contributed by atoms with van der Waals surface area (Å²) in [5.41, 5.74) is 12.8. The zero-order valence-corrected chi connectivity index (χ0v) is 26.8. The van der Waals surface area contributed by atoms with Crippen molar-refractivity contribution < 1.29 is 4.42 Å². The van der Waals surface area contributed by atoms with E-state index in [0.717, 1.165) is 22.6 Å². The van der Waals surface area contributed by atoms with Crippen LogP contribution in [0.1, 0.15) is 22.3 Å². The maximum atomic E-state index is 6.23. The van der Waals surface area contributed by atoms with E-state index in [4.69, 9.17) is 4.42 Å². The zero-order valence-electron chi connectivity index (χ0n) is 26.8. The molecule has 0 aliphatic carbocycles. The normalized spacial score (nSPS) is 15.0. The molecular weight excluding hydrogens is 595 g/mol. The number of furan rings is 1. The second-order valence-electron chi connectivity index (χ2n) is 12.9. The molecule has 1 unspecified atom stereocenters. The zero-order chi connectivity index (χ0) is 32.4. The van der Waals surface area contributed by atoms with Gasteiger partial charge in [-0.05, 0) is 57.6 Å². The number of benzene rings is 7. The maximum Gasteiger partial charge on any atom is 0.134 e. The van der Waals surface area contributed by atoms with Crippen LogP contribution in [0.3, 0.4) is 0 Å². The average molecular weight is 626 g/mol. The van der Waals surface area contributed by atoms with Crippen molar-refractivity contribution in [2.24, 2.45) is 0 Å². The van der Waals surface area contributed by atoms with Gasteiger partial charge in [0.1, 0.15) is 11.5 Å². The first-order valence-electron chi connectivity index (χ1n) is 16.9. The summed E-state index contributed by atoms with van der Waals surface area (Å²) in [4.78, 5) is 0. The summed E-state index contributed by atoms with van der Waals surface area (Å²) in [5.74, 6) is 1.75. The van der Waals surface area contributed by atoms with Crippen molar-refractivity contribution in [2.45, 2.75) is 5.41 Å². The molecule has 10 rings (SSSR count). The van der Waals surface area contributed by atoms with Gasteiger partial charge in [-0.2, -0.15) is 0 Å². The van der Waals surface area contributed by atoms with Crippen LogP contribution in [0.5, 0.6) is 0 Å². The van der Waals surface area contributed by atoms with Crippen molar-refractivity contribution in [1.82, 2.24) is 4.57 Å². The Morgan fingerprint density at radius 3 is 1.65 bits per heavy atom. The van der Waals surface area contributed by atoms with Crippen molar-refractivity contribution in [3.63, 3.8) is 0 Å². The van der Waals surface area contributed by atoms with E-state index in [0.29, 0.717) is 0 Å². The SMILES string of the molecule is c1ccc(-c2ccc(-c3ccc(-c4ccc(C5(c6ccccc6)c6ccccc6-n6c7ccccc7c7cccc5c76)cc4)cc3)o2)cc1. The number of aromatic nitrogens is 1. The Morgan fingerprint density at radius 2 is 0.898 bits per heavy atom. The fourth-order valence-electron chi connectivity index (χ4n) is 8.17. The monoisotopic (exact) mass is 625 g/mol. The van der Waals surface area contributed by atoms with Gasteiger partial charge < -0.3 is 8.98 Å². The molecule has 2 heteroatoms. The summed E-state index contributed by atoms with van der Waals surface area (Å²) in [6, 6.07) is 67.9. The number of hydrogen-bond donors (Lipinski definition) is 0. The molecule has 9 aromatic rings. The summed E-state index contributed by atoms with van der Waals surface area (Å²) < 4.78 is 8.71. The van der Waals surface area contributed by atoms with E-state index in [-0.39, 0.29) is 0 Å². The summed E-state index contributed by atoms with van der Waals surface area (Å²) in [7, 11) is 0. The van der Waals surface area contributed by atoms with Crippen LogP contribution < -0.4 is 0 Å². The molecular formula is C47H31NO. The van der Waals surface area contributed by atoms with Crippen LogP contribution in [0.15, 0.2) is 192 Å². The van der Waals surface area contributed by atoms with Gasteiger partial charge in [0.2, 0.25) is 0 Å². The Bertz CT molecular complexity index is 2630. The summed E-state index contributed by atoms with van der Waals surface area (Å²) >= 11 is 0. The highest BCUT2D eigenvalue weighted by Gasteiger charge is 2.45. The number of hydrogen-bond acceptors (Lipinski definition) is 1. The van der Waals surface area contributed by atoms with Crippen molar-refractivity contribution in [3.8, 4) is 39.5 Å². The molecule has 0 N–H and O–H groups in total. The van der Waals surface area contributed by atoms with Crippen molar-refractivity contribution in [3.05, 3.63) is 210 Å². The Labute approximate surface area is 285 Å². The van der Waals surface area contributed by atoms with Gasteiger partial charge in [-0.3, -0.25) is 0 Å². The predicted molar refractivity (Wildman–Crippen MR) is 201 cm³/mol. The van der Waals surface area contributed by atoms with E-state index < -0.39 is 5.41 Å². The van der Waals surface area contributed by atoms with Crippen molar-refractivity contribution >= 4 is 21.8 Å². The van der Waals surface area contributed by atoms with Crippen LogP contribution in [0.4, 0.5) is 0 Å². The highest BCUT2D eigenvalue weighted by molar-refractivity contribution is 6.12. The van der Waals surface area contributed by atoms with Crippen molar-refractivity contribution in [2.75, 3.05) is 0 Å². The molecule has 0 spiro atoms. The maximum absolute atomic E-state index is 6.23. The van der Waals surface area contributed by atoms with E-state index >= 15 is 0 Å². The minimum absolute atomic E-state index is 0.500. The third-order valence-electron chi connectivity index (χ3n) is 10.3. The molecule has 0 saturated carbocycles. The highest BCUT2D eigenvalue weighted by atomic mass is 16.3. The van der Waals surface area contributed by atoms with E-state index in [2.05, 4.69) is 168 Å². The fourth-order valence-corrected chi connectivity index (χ4v) is 8.17. The van der Waals surface area contributed by atoms with Crippen LogP contribution in [0, 0.1) is 0 Å². The number of nitrogens with zero attached hydrogens (tertiary/aromatic N) is 1. The Kier molecular flexibility index (Phi) is 6.13. The largest absolute Gasteiger partial charge is 0.456 e. The molecule has 2 nitrogen and oxygen atoms in total. The van der Waals surface area contributed by atoms with E-state index in [1.807, 2.05) is 24.3 Å². The van der Waals surface area contributed by atoms with E-state index in [1.165, 1.54) is 60.9 Å². The van der Waals surface area contributed by atoms with Gasteiger partial charge in [0.25, 0.3) is 0 Å². The number of rotatable bonds is 5. The lowest BCUT2D eigenvalue weighted by atomic mass is 9.63. The lowest BCUT2D eigenvalue weighted by Gasteiger charge is -2.41. The smallest absolute Gasteiger partial charge is 0.134 e. The molecule has 49 heavy (non-hydrogen) atoms. The van der Waals surface area contributed by atoms with Gasteiger partial charge in [0.15, 0.2) is 0 Å². The number of fused-ring (bicyclic) bond motifs is 5. The third-order valence-corrected chi connectivity index (χ3v) is 10.3. The molecule has 0 fully saturated rings. The molecule has 1 atom stereocenters. The third kappa shape index (κ3) is 4.07. The molecule has 230 valence electrons. The van der Waals surface area contributed by atoms with Gasteiger partial charge in [-0.25, -0.2) is 0 Å². The van der Waals surface area contributed by atoms with Gasteiger partial charge in [0, 0.05) is 21.9 Å². The van der Waals surface area contributed by atoms with Gasteiger partial charge >= 0.3 is 0 Å². The predicted octanol–water partition coefficient (Wildman–Crippen LogP) is 12.1. The fraction of sp³-hybridized carbons (Fsp3) is 0.0213. The summed E-state index contributed by atoms with van der Waals surface area (Å²) in [5, 5.41) is 2.56. The van der Waals surface area contributed by atoms with E-state index in [9.17, 15) is 0 Å². The molecule has 0 bridgehead atoms.